The van der Waals surface area contributed by atoms with Crippen LogP contribution in [0.4, 0.5) is 5.82 Å². The average Bonchev–Trinajstić information content (AvgIpc) is 2.70. The second-order valence-electron chi connectivity index (χ2n) is 5.41. The Morgan fingerprint density at radius 3 is 2.91 bits per heavy atom. The molecule has 0 saturated heterocycles. The zero-order chi connectivity index (χ0) is 15.5. The number of aromatic nitrogens is 2. The van der Waals surface area contributed by atoms with Gasteiger partial charge in [0.2, 0.25) is 0 Å². The number of nitrogens with zero attached hydrogens (tertiary/aromatic N) is 2. The predicted molar refractivity (Wildman–Crippen MR) is 97.1 cm³/mol. The first kappa shape index (κ1) is 16.0. The zero-order valence-electron chi connectivity index (χ0n) is 12.5. The Morgan fingerprint density at radius 1 is 1.27 bits per heavy atom. The van der Waals surface area contributed by atoms with Gasteiger partial charge in [0.15, 0.2) is 0 Å². The summed E-state index contributed by atoms with van der Waals surface area (Å²) in [4.78, 5) is 0. The van der Waals surface area contributed by atoms with Crippen LogP contribution in [0.5, 0.6) is 0 Å². The van der Waals surface area contributed by atoms with E-state index in [1.165, 1.54) is 24.1 Å². The number of thioether (sulfide) groups is 1. The third-order valence-corrected chi connectivity index (χ3v) is 5.25. The molecule has 2 aromatic rings. The molecule has 118 valence electrons. The first-order chi connectivity index (χ1) is 10.7. The zero-order valence-corrected chi connectivity index (χ0v) is 14.9. The van der Waals surface area contributed by atoms with Crippen molar-refractivity contribution >= 4 is 40.8 Å². The van der Waals surface area contributed by atoms with Crippen LogP contribution in [0.15, 0.2) is 18.2 Å². The van der Waals surface area contributed by atoms with Crippen molar-refractivity contribution in [3.8, 4) is 5.69 Å². The predicted octanol–water partition coefficient (Wildman–Crippen LogP) is 4.83. The molecule has 1 N–H and O–H groups in total. The van der Waals surface area contributed by atoms with Gasteiger partial charge in [-0.05, 0) is 49.5 Å². The molecule has 0 unspecified atom stereocenters. The molecule has 1 aromatic heterocycles. The molecule has 1 aromatic carbocycles. The molecule has 6 heteroatoms. The molecule has 0 aliphatic carbocycles. The van der Waals surface area contributed by atoms with Gasteiger partial charge in [-0.25, -0.2) is 4.68 Å². The highest BCUT2D eigenvalue weighted by Gasteiger charge is 2.20. The van der Waals surface area contributed by atoms with E-state index in [2.05, 4.69) is 11.6 Å². The lowest BCUT2D eigenvalue weighted by atomic mass is 10.1. The Bertz CT molecular complexity index is 670. The molecule has 3 nitrogen and oxygen atoms in total. The molecule has 0 atom stereocenters. The van der Waals surface area contributed by atoms with E-state index in [1.807, 2.05) is 34.6 Å². The van der Waals surface area contributed by atoms with Crippen molar-refractivity contribution < 1.29 is 0 Å². The van der Waals surface area contributed by atoms with E-state index in [9.17, 15) is 0 Å². The highest BCUT2D eigenvalue weighted by Crippen LogP contribution is 2.31. The number of anilines is 1. The summed E-state index contributed by atoms with van der Waals surface area (Å²) >= 11 is 14.1. The Labute approximate surface area is 145 Å². The van der Waals surface area contributed by atoms with Crippen LogP contribution >= 0.6 is 35.0 Å². The van der Waals surface area contributed by atoms with Crippen LogP contribution in [-0.4, -0.2) is 28.3 Å². The Morgan fingerprint density at radius 2 is 2.14 bits per heavy atom. The SMILES string of the molecule is CSCCc1nn(-c2ccc(Cl)c(Cl)c2)c2c1CCCCN2. The number of halogens is 2. The van der Waals surface area contributed by atoms with Crippen molar-refractivity contribution in [1.82, 2.24) is 9.78 Å². The molecule has 0 bridgehead atoms. The molecule has 2 heterocycles. The summed E-state index contributed by atoms with van der Waals surface area (Å²) in [6, 6.07) is 5.67. The second-order valence-corrected chi connectivity index (χ2v) is 7.21. The van der Waals surface area contributed by atoms with Crippen LogP contribution in [0.3, 0.4) is 0 Å². The standard InChI is InChI=1S/C16H19Cl2N3S/c1-22-9-7-15-12-4-2-3-8-19-16(12)21(20-15)11-5-6-13(17)14(18)10-11/h5-6,10,19H,2-4,7-9H2,1H3. The summed E-state index contributed by atoms with van der Waals surface area (Å²) in [6.07, 6.45) is 6.62. The number of hydrogen-bond acceptors (Lipinski definition) is 3. The summed E-state index contributed by atoms with van der Waals surface area (Å²) in [5, 5.41) is 9.52. The topological polar surface area (TPSA) is 29.9 Å². The van der Waals surface area contributed by atoms with Gasteiger partial charge in [0.1, 0.15) is 5.82 Å². The van der Waals surface area contributed by atoms with Gasteiger partial charge in [0.25, 0.3) is 0 Å². The maximum Gasteiger partial charge on any atom is 0.133 e. The van der Waals surface area contributed by atoms with E-state index in [-0.39, 0.29) is 0 Å². The first-order valence-electron chi connectivity index (χ1n) is 7.49. The van der Waals surface area contributed by atoms with Crippen molar-refractivity contribution in [1.29, 1.82) is 0 Å². The van der Waals surface area contributed by atoms with Crippen LogP contribution in [0.1, 0.15) is 24.1 Å². The highest BCUT2D eigenvalue weighted by molar-refractivity contribution is 7.98. The quantitative estimate of drug-likeness (QED) is 0.851. The number of rotatable bonds is 4. The minimum atomic E-state index is 0.558. The molecular formula is C16H19Cl2N3S. The molecule has 0 radical (unpaired) electrons. The Hall–Kier alpha value is -0.840. The molecule has 0 fully saturated rings. The van der Waals surface area contributed by atoms with E-state index < -0.39 is 0 Å². The fourth-order valence-electron chi connectivity index (χ4n) is 2.78. The van der Waals surface area contributed by atoms with Gasteiger partial charge in [-0.2, -0.15) is 16.9 Å². The fraction of sp³-hybridized carbons (Fsp3) is 0.438. The largest absolute Gasteiger partial charge is 0.370 e. The van der Waals surface area contributed by atoms with E-state index in [0.717, 1.165) is 36.6 Å². The van der Waals surface area contributed by atoms with E-state index >= 15 is 0 Å². The van der Waals surface area contributed by atoms with Gasteiger partial charge < -0.3 is 5.32 Å². The van der Waals surface area contributed by atoms with Crippen molar-refractivity contribution in [2.75, 3.05) is 23.9 Å². The number of hydrogen-bond donors (Lipinski definition) is 1. The minimum Gasteiger partial charge on any atom is -0.370 e. The number of aryl methyl sites for hydroxylation is 1. The minimum absolute atomic E-state index is 0.558. The van der Waals surface area contributed by atoms with E-state index in [4.69, 9.17) is 28.3 Å². The van der Waals surface area contributed by atoms with Crippen molar-refractivity contribution in [2.24, 2.45) is 0 Å². The normalized spacial score (nSPS) is 14.3. The maximum absolute atomic E-state index is 6.17. The van der Waals surface area contributed by atoms with Crippen LogP contribution < -0.4 is 5.32 Å². The molecule has 22 heavy (non-hydrogen) atoms. The van der Waals surface area contributed by atoms with Crippen molar-refractivity contribution in [2.45, 2.75) is 25.7 Å². The van der Waals surface area contributed by atoms with Crippen molar-refractivity contribution in [3.05, 3.63) is 39.5 Å². The van der Waals surface area contributed by atoms with Crippen LogP contribution in [0, 0.1) is 0 Å². The highest BCUT2D eigenvalue weighted by atomic mass is 35.5. The van der Waals surface area contributed by atoms with Gasteiger partial charge >= 0.3 is 0 Å². The lowest BCUT2D eigenvalue weighted by Crippen LogP contribution is -2.07. The summed E-state index contributed by atoms with van der Waals surface area (Å²) in [5.74, 6) is 2.21. The van der Waals surface area contributed by atoms with Gasteiger partial charge in [0.05, 0.1) is 21.4 Å². The van der Waals surface area contributed by atoms with Crippen molar-refractivity contribution in [3.63, 3.8) is 0 Å². The lowest BCUT2D eigenvalue weighted by Gasteiger charge is -2.10. The molecule has 1 aliphatic heterocycles. The van der Waals surface area contributed by atoms with Gasteiger partial charge in [-0.1, -0.05) is 23.2 Å². The molecule has 1 aliphatic rings. The van der Waals surface area contributed by atoms with E-state index in [0.29, 0.717) is 10.0 Å². The lowest BCUT2D eigenvalue weighted by molar-refractivity contribution is 0.766. The van der Waals surface area contributed by atoms with Crippen LogP contribution in [-0.2, 0) is 12.8 Å². The summed E-state index contributed by atoms with van der Waals surface area (Å²) in [7, 11) is 0. The molecule has 0 spiro atoms. The van der Waals surface area contributed by atoms with E-state index in [1.54, 1.807) is 0 Å². The monoisotopic (exact) mass is 355 g/mol. The third kappa shape index (κ3) is 3.24. The summed E-state index contributed by atoms with van der Waals surface area (Å²) in [5.41, 5.74) is 3.51. The molecule has 3 rings (SSSR count). The van der Waals surface area contributed by atoms with Gasteiger partial charge in [-0.15, -0.1) is 0 Å². The molecule has 0 saturated carbocycles. The Balaban J connectivity index is 2.06. The number of benzene rings is 1. The average molecular weight is 356 g/mol. The number of fused-ring (bicyclic) bond motifs is 1. The second kappa shape index (κ2) is 7.16. The third-order valence-electron chi connectivity index (χ3n) is 3.90. The van der Waals surface area contributed by atoms with Crippen LogP contribution in [0.25, 0.3) is 5.69 Å². The summed E-state index contributed by atoms with van der Waals surface area (Å²) in [6.45, 7) is 0.988. The van der Waals surface area contributed by atoms with Gasteiger partial charge in [-0.3, -0.25) is 0 Å². The fourth-order valence-corrected chi connectivity index (χ4v) is 3.47. The molecular weight excluding hydrogens is 337 g/mol. The number of nitrogens with one attached hydrogen (secondary N) is 1. The molecule has 0 amide bonds. The van der Waals surface area contributed by atoms with Crippen LogP contribution in [0.2, 0.25) is 10.0 Å². The Kier molecular flexibility index (Phi) is 5.21. The maximum atomic E-state index is 6.17. The first-order valence-corrected chi connectivity index (χ1v) is 9.64. The van der Waals surface area contributed by atoms with Gasteiger partial charge in [0, 0.05) is 18.5 Å². The smallest absolute Gasteiger partial charge is 0.133 e. The summed E-state index contributed by atoms with van der Waals surface area (Å²) < 4.78 is 1.98.